The Bertz CT molecular complexity index is 829. The third-order valence-electron chi connectivity index (χ3n) is 8.45. The molecule has 3 atom stereocenters. The summed E-state index contributed by atoms with van der Waals surface area (Å²) in [5, 5.41) is 13.7. The number of quaternary nitrogens is 1. The van der Waals surface area contributed by atoms with Crippen LogP contribution in [0.15, 0.2) is 24.3 Å². The summed E-state index contributed by atoms with van der Waals surface area (Å²) in [5.74, 6) is -0.276. The second-order valence-corrected chi connectivity index (χ2v) is 15.7. The fraction of sp³-hybridized carbons (Fsp3) is 0.868. The van der Waals surface area contributed by atoms with Crippen molar-refractivity contribution < 1.29 is 32.9 Å². The Morgan fingerprint density at radius 2 is 1.17 bits per heavy atom. The Kier molecular flexibility index (Phi) is 30.3. The Labute approximate surface area is 290 Å². The number of nitrogens with one attached hydrogen (secondary N) is 1. The molecule has 1 unspecified atom stereocenters. The Morgan fingerprint density at radius 3 is 1.64 bits per heavy atom. The molecule has 9 heteroatoms. The van der Waals surface area contributed by atoms with Crippen molar-refractivity contribution in [2.75, 3.05) is 40.9 Å². The maximum atomic E-state index is 12.7. The molecule has 0 saturated carbocycles. The fourth-order valence-corrected chi connectivity index (χ4v) is 6.02. The number of rotatable bonds is 34. The van der Waals surface area contributed by atoms with Gasteiger partial charge in [0.1, 0.15) is 13.2 Å². The average molecular weight is 687 g/mol. The van der Waals surface area contributed by atoms with Crippen molar-refractivity contribution in [1.29, 1.82) is 0 Å². The van der Waals surface area contributed by atoms with Crippen molar-refractivity contribution in [1.82, 2.24) is 5.32 Å². The van der Waals surface area contributed by atoms with Gasteiger partial charge in [-0.15, -0.1) is 0 Å². The molecule has 47 heavy (non-hydrogen) atoms. The van der Waals surface area contributed by atoms with Gasteiger partial charge in [0.25, 0.3) is 7.82 Å². The highest BCUT2D eigenvalue weighted by Crippen LogP contribution is 2.38. The quantitative estimate of drug-likeness (QED) is 0.0303. The van der Waals surface area contributed by atoms with E-state index in [1.807, 2.05) is 39.4 Å². The highest BCUT2D eigenvalue weighted by atomic mass is 31.2. The predicted octanol–water partition coefficient (Wildman–Crippen LogP) is 9.16. The molecule has 0 aliphatic heterocycles. The van der Waals surface area contributed by atoms with Crippen molar-refractivity contribution >= 4 is 13.7 Å². The molecule has 0 aromatic carbocycles. The first-order valence-corrected chi connectivity index (χ1v) is 20.6. The highest BCUT2D eigenvalue weighted by molar-refractivity contribution is 7.45. The van der Waals surface area contributed by atoms with Gasteiger partial charge in [-0.05, 0) is 32.1 Å². The van der Waals surface area contributed by atoms with Crippen LogP contribution >= 0.6 is 7.82 Å². The van der Waals surface area contributed by atoms with E-state index in [-0.39, 0.29) is 25.5 Å². The lowest BCUT2D eigenvalue weighted by atomic mass is 10.0. The third kappa shape index (κ3) is 33.3. The van der Waals surface area contributed by atoms with Crippen LogP contribution in [0, 0.1) is 0 Å². The molecule has 2 N–H and O–H groups in total. The molecule has 278 valence electrons. The molecule has 0 rings (SSSR count). The van der Waals surface area contributed by atoms with Gasteiger partial charge in [-0.25, -0.2) is 0 Å². The SMILES string of the molecule is CCCCCCCCCCCC=CCC(=O)N[C@@H](COP(=O)([O-])OCC[N+](C)(C)C)[C@H](O)CC=CCCCCCCCCCCCC. The smallest absolute Gasteiger partial charge is 0.268 e. The van der Waals surface area contributed by atoms with Crippen LogP contribution in [0.4, 0.5) is 0 Å². The normalized spacial score (nSPS) is 15.0. The number of aliphatic hydroxyl groups excluding tert-OH is 1. The van der Waals surface area contributed by atoms with E-state index in [1.165, 1.54) is 109 Å². The lowest BCUT2D eigenvalue weighted by Gasteiger charge is -2.29. The number of amides is 1. The number of unbranched alkanes of at least 4 members (excludes halogenated alkanes) is 19. The molecular weight excluding hydrogens is 611 g/mol. The van der Waals surface area contributed by atoms with E-state index in [9.17, 15) is 19.4 Å². The maximum Gasteiger partial charge on any atom is 0.268 e. The second-order valence-electron chi connectivity index (χ2n) is 14.3. The number of carbonyl (C=O) groups is 1. The van der Waals surface area contributed by atoms with Crippen LogP contribution in [-0.2, 0) is 18.4 Å². The summed E-state index contributed by atoms with van der Waals surface area (Å²) >= 11 is 0. The summed E-state index contributed by atoms with van der Waals surface area (Å²) in [5.41, 5.74) is 0. The first-order valence-electron chi connectivity index (χ1n) is 19.2. The van der Waals surface area contributed by atoms with Crippen LogP contribution < -0.4 is 10.2 Å². The molecule has 0 bridgehead atoms. The first-order chi connectivity index (χ1) is 22.5. The molecule has 0 saturated heterocycles. The zero-order chi connectivity index (χ0) is 35.1. The van der Waals surface area contributed by atoms with E-state index in [0.29, 0.717) is 17.4 Å². The molecule has 0 aliphatic rings. The minimum absolute atomic E-state index is 0.00466. The zero-order valence-corrected chi connectivity index (χ0v) is 32.1. The predicted molar refractivity (Wildman–Crippen MR) is 196 cm³/mol. The molecule has 0 aliphatic carbocycles. The van der Waals surface area contributed by atoms with Crippen LogP contribution in [0.1, 0.15) is 162 Å². The summed E-state index contributed by atoms with van der Waals surface area (Å²) in [6.07, 6.45) is 33.6. The number of carbonyl (C=O) groups excluding carboxylic acids is 1. The van der Waals surface area contributed by atoms with Gasteiger partial charge in [0.05, 0.1) is 39.9 Å². The van der Waals surface area contributed by atoms with Crippen molar-refractivity contribution in [3.05, 3.63) is 24.3 Å². The second kappa shape index (κ2) is 31.0. The van der Waals surface area contributed by atoms with Crippen molar-refractivity contribution in [3.63, 3.8) is 0 Å². The molecule has 0 aromatic heterocycles. The number of likely N-dealkylation sites (N-methyl/N-ethyl adjacent to an activating group) is 1. The lowest BCUT2D eigenvalue weighted by Crippen LogP contribution is -2.46. The summed E-state index contributed by atoms with van der Waals surface area (Å²) in [7, 11) is 1.24. The van der Waals surface area contributed by atoms with Gasteiger partial charge in [-0.3, -0.25) is 9.36 Å². The standard InChI is InChI=1S/C38H75N2O6P/c1-6-8-10-12-14-16-18-20-21-23-25-27-29-31-37(41)36(35-46-47(43,44)45-34-33-40(3,4)5)39-38(42)32-30-28-26-24-22-19-17-15-13-11-9-7-2/h27-30,36-37,41H,6-26,31-35H2,1-5H3,(H-,39,42,43,44)/t36-,37+/m0/s1. The Balaban J connectivity index is 4.60. The van der Waals surface area contributed by atoms with Gasteiger partial charge in [-0.2, -0.15) is 0 Å². The molecule has 0 radical (unpaired) electrons. The molecule has 8 nitrogen and oxygen atoms in total. The minimum Gasteiger partial charge on any atom is -0.756 e. The highest BCUT2D eigenvalue weighted by Gasteiger charge is 2.23. The van der Waals surface area contributed by atoms with Crippen LogP contribution in [0.2, 0.25) is 0 Å². The maximum absolute atomic E-state index is 12.7. The van der Waals surface area contributed by atoms with Gasteiger partial charge >= 0.3 is 0 Å². The number of phosphoric acid groups is 1. The van der Waals surface area contributed by atoms with Crippen LogP contribution in [0.3, 0.4) is 0 Å². The summed E-state index contributed by atoms with van der Waals surface area (Å²) in [6.45, 7) is 4.60. The molecule has 1 amide bonds. The van der Waals surface area contributed by atoms with E-state index in [4.69, 9.17) is 9.05 Å². The minimum atomic E-state index is -4.58. The molecular formula is C38H75N2O6P. The van der Waals surface area contributed by atoms with E-state index >= 15 is 0 Å². The Hall–Kier alpha value is -1.02. The van der Waals surface area contributed by atoms with Crippen molar-refractivity contribution in [2.45, 2.75) is 174 Å². The Morgan fingerprint density at radius 1 is 0.723 bits per heavy atom. The van der Waals surface area contributed by atoms with Crippen molar-refractivity contribution in [2.24, 2.45) is 0 Å². The van der Waals surface area contributed by atoms with Gasteiger partial charge in [0.2, 0.25) is 5.91 Å². The largest absolute Gasteiger partial charge is 0.756 e. The lowest BCUT2D eigenvalue weighted by molar-refractivity contribution is -0.870. The number of hydrogen-bond acceptors (Lipinski definition) is 6. The summed E-state index contributed by atoms with van der Waals surface area (Å²) < 4.78 is 23.1. The van der Waals surface area contributed by atoms with Crippen molar-refractivity contribution in [3.8, 4) is 0 Å². The van der Waals surface area contributed by atoms with E-state index in [2.05, 4.69) is 25.2 Å². The summed E-state index contributed by atoms with van der Waals surface area (Å²) in [4.78, 5) is 25.1. The monoisotopic (exact) mass is 687 g/mol. The number of hydrogen-bond donors (Lipinski definition) is 2. The van der Waals surface area contributed by atoms with E-state index < -0.39 is 20.0 Å². The number of phosphoric ester groups is 1. The summed E-state index contributed by atoms with van der Waals surface area (Å²) in [6, 6.07) is -0.875. The van der Waals surface area contributed by atoms with Gasteiger partial charge in [0.15, 0.2) is 0 Å². The molecule has 0 heterocycles. The number of allylic oxidation sites excluding steroid dienone is 2. The van der Waals surface area contributed by atoms with Gasteiger partial charge in [0, 0.05) is 6.42 Å². The fourth-order valence-electron chi connectivity index (χ4n) is 5.30. The molecule has 0 spiro atoms. The topological polar surface area (TPSA) is 108 Å². The number of aliphatic hydroxyl groups is 1. The first kappa shape index (κ1) is 46.0. The average Bonchev–Trinajstić information content (AvgIpc) is 3.01. The van der Waals surface area contributed by atoms with E-state index in [0.717, 1.165) is 25.7 Å². The third-order valence-corrected chi connectivity index (χ3v) is 9.41. The van der Waals surface area contributed by atoms with Gasteiger partial charge < -0.3 is 28.8 Å². The van der Waals surface area contributed by atoms with Crippen LogP contribution in [-0.4, -0.2) is 68.5 Å². The van der Waals surface area contributed by atoms with Crippen LogP contribution in [0.25, 0.3) is 0 Å². The van der Waals surface area contributed by atoms with Crippen LogP contribution in [0.5, 0.6) is 0 Å². The van der Waals surface area contributed by atoms with Gasteiger partial charge in [-0.1, -0.05) is 147 Å². The molecule has 0 aromatic rings. The zero-order valence-electron chi connectivity index (χ0n) is 31.2. The molecule has 0 fully saturated rings. The van der Waals surface area contributed by atoms with E-state index in [1.54, 1.807) is 0 Å². The number of nitrogens with zero attached hydrogens (tertiary/aromatic N) is 1.